The Morgan fingerprint density at radius 1 is 1.37 bits per heavy atom. The summed E-state index contributed by atoms with van der Waals surface area (Å²) in [5.74, 6) is -0.467. The SMILES string of the molecule is Cc1ccc(N2OC(C(C)C)C(=O)NC2=O)cc1Cl. The molecule has 2 rings (SSSR count). The van der Waals surface area contributed by atoms with E-state index in [1.165, 1.54) is 0 Å². The second kappa shape index (κ2) is 5.19. The molecule has 102 valence electrons. The van der Waals surface area contributed by atoms with Crippen LogP contribution in [0.4, 0.5) is 10.5 Å². The summed E-state index contributed by atoms with van der Waals surface area (Å²) < 4.78 is 0. The van der Waals surface area contributed by atoms with Crippen molar-refractivity contribution in [1.29, 1.82) is 0 Å². The summed E-state index contributed by atoms with van der Waals surface area (Å²) >= 11 is 6.03. The van der Waals surface area contributed by atoms with E-state index in [0.717, 1.165) is 10.6 Å². The zero-order valence-corrected chi connectivity index (χ0v) is 11.7. The Kier molecular flexibility index (Phi) is 3.78. The molecule has 1 atom stereocenters. The molecule has 0 spiro atoms. The Hall–Kier alpha value is -1.59. The first-order valence-corrected chi connectivity index (χ1v) is 6.36. The van der Waals surface area contributed by atoms with Crippen LogP contribution < -0.4 is 10.4 Å². The van der Waals surface area contributed by atoms with Gasteiger partial charge >= 0.3 is 6.03 Å². The van der Waals surface area contributed by atoms with Gasteiger partial charge in [-0.1, -0.05) is 31.5 Å². The van der Waals surface area contributed by atoms with Crippen LogP contribution >= 0.6 is 11.6 Å². The molecule has 0 aromatic heterocycles. The third-order valence-corrected chi connectivity index (χ3v) is 3.29. The van der Waals surface area contributed by atoms with Gasteiger partial charge in [0.05, 0.1) is 5.69 Å². The minimum atomic E-state index is -0.697. The molecule has 1 fully saturated rings. The summed E-state index contributed by atoms with van der Waals surface area (Å²) in [5, 5.41) is 3.87. The summed E-state index contributed by atoms with van der Waals surface area (Å²) in [6.45, 7) is 5.56. The Labute approximate surface area is 116 Å². The molecule has 5 nitrogen and oxygen atoms in total. The second-order valence-electron chi connectivity index (χ2n) is 4.79. The van der Waals surface area contributed by atoms with Crippen LogP contribution in [-0.2, 0) is 9.63 Å². The zero-order chi connectivity index (χ0) is 14.2. The number of benzene rings is 1. The molecule has 3 amide bonds. The quantitative estimate of drug-likeness (QED) is 0.907. The van der Waals surface area contributed by atoms with Crippen molar-refractivity contribution in [2.75, 3.05) is 5.06 Å². The molecule has 1 aliphatic heterocycles. The lowest BCUT2D eigenvalue weighted by molar-refractivity contribution is -0.138. The highest BCUT2D eigenvalue weighted by Gasteiger charge is 2.36. The monoisotopic (exact) mass is 282 g/mol. The predicted molar refractivity (Wildman–Crippen MR) is 71.9 cm³/mol. The molecule has 0 saturated carbocycles. The topological polar surface area (TPSA) is 58.6 Å². The van der Waals surface area contributed by atoms with Crippen molar-refractivity contribution >= 4 is 29.2 Å². The Morgan fingerprint density at radius 2 is 2.05 bits per heavy atom. The van der Waals surface area contributed by atoms with E-state index in [-0.39, 0.29) is 5.92 Å². The highest BCUT2D eigenvalue weighted by molar-refractivity contribution is 6.31. The first-order chi connectivity index (χ1) is 8.90. The van der Waals surface area contributed by atoms with Crippen LogP contribution in [0.1, 0.15) is 19.4 Å². The van der Waals surface area contributed by atoms with Gasteiger partial charge in [-0.2, -0.15) is 5.06 Å². The van der Waals surface area contributed by atoms with Crippen molar-refractivity contribution in [3.05, 3.63) is 28.8 Å². The average molecular weight is 283 g/mol. The molecule has 1 aliphatic rings. The maximum Gasteiger partial charge on any atom is 0.352 e. The number of hydrogen-bond acceptors (Lipinski definition) is 3. The molecular weight excluding hydrogens is 268 g/mol. The molecule has 0 radical (unpaired) electrons. The van der Waals surface area contributed by atoms with E-state index in [0.29, 0.717) is 10.7 Å². The first-order valence-electron chi connectivity index (χ1n) is 5.98. The number of aryl methyl sites for hydroxylation is 1. The van der Waals surface area contributed by atoms with Crippen LogP contribution in [0.25, 0.3) is 0 Å². The summed E-state index contributed by atoms with van der Waals surface area (Å²) in [5.41, 5.74) is 1.39. The van der Waals surface area contributed by atoms with Gasteiger partial charge < -0.3 is 0 Å². The van der Waals surface area contributed by atoms with Gasteiger partial charge in [0, 0.05) is 5.02 Å². The van der Waals surface area contributed by atoms with Crippen LogP contribution in [0.15, 0.2) is 18.2 Å². The van der Waals surface area contributed by atoms with Gasteiger partial charge in [0.15, 0.2) is 6.10 Å². The summed E-state index contributed by atoms with van der Waals surface area (Å²) in [6.07, 6.45) is -0.697. The van der Waals surface area contributed by atoms with E-state index in [2.05, 4.69) is 5.32 Å². The molecule has 6 heteroatoms. The standard InChI is InChI=1S/C13H15ClN2O3/c1-7(2)11-12(17)15-13(18)16(19-11)9-5-4-8(3)10(14)6-9/h4-7,11H,1-3H3,(H,15,17,18). The maximum absolute atomic E-state index is 11.8. The molecule has 1 aromatic rings. The molecule has 1 N–H and O–H groups in total. The normalized spacial score (nSPS) is 19.8. The number of hydroxylamine groups is 1. The minimum absolute atomic E-state index is 0.0449. The van der Waals surface area contributed by atoms with Crippen molar-refractivity contribution in [2.24, 2.45) is 5.92 Å². The van der Waals surface area contributed by atoms with Gasteiger partial charge in [-0.25, -0.2) is 4.79 Å². The van der Waals surface area contributed by atoms with Gasteiger partial charge in [0.1, 0.15) is 0 Å². The van der Waals surface area contributed by atoms with E-state index in [1.807, 2.05) is 20.8 Å². The lowest BCUT2D eigenvalue weighted by atomic mass is 10.1. The number of nitrogens with zero attached hydrogens (tertiary/aromatic N) is 1. The number of urea groups is 1. The third kappa shape index (κ3) is 2.72. The Bertz CT molecular complexity index is 531. The van der Waals surface area contributed by atoms with E-state index >= 15 is 0 Å². The van der Waals surface area contributed by atoms with Crippen LogP contribution in [-0.4, -0.2) is 18.0 Å². The fourth-order valence-corrected chi connectivity index (χ4v) is 1.92. The van der Waals surface area contributed by atoms with E-state index in [1.54, 1.807) is 18.2 Å². The predicted octanol–water partition coefficient (Wildman–Crippen LogP) is 2.66. The number of anilines is 1. The number of amides is 3. The highest BCUT2D eigenvalue weighted by Crippen LogP contribution is 2.26. The number of imide groups is 1. The van der Waals surface area contributed by atoms with Gasteiger partial charge in [-0.3, -0.25) is 14.9 Å². The second-order valence-corrected chi connectivity index (χ2v) is 5.20. The molecule has 0 aliphatic carbocycles. The van der Waals surface area contributed by atoms with E-state index in [4.69, 9.17) is 16.4 Å². The minimum Gasteiger partial charge on any atom is -0.273 e. The number of carbonyl (C=O) groups is 2. The summed E-state index contributed by atoms with van der Waals surface area (Å²) in [6, 6.07) is 4.52. The van der Waals surface area contributed by atoms with Crippen molar-refractivity contribution in [3.63, 3.8) is 0 Å². The lowest BCUT2D eigenvalue weighted by Gasteiger charge is -2.33. The summed E-state index contributed by atoms with van der Waals surface area (Å²) in [4.78, 5) is 28.9. The smallest absolute Gasteiger partial charge is 0.273 e. The highest BCUT2D eigenvalue weighted by atomic mass is 35.5. The van der Waals surface area contributed by atoms with Crippen molar-refractivity contribution in [2.45, 2.75) is 26.9 Å². The molecule has 1 saturated heterocycles. The number of halogens is 1. The molecule has 1 aromatic carbocycles. The Morgan fingerprint density at radius 3 is 2.63 bits per heavy atom. The fourth-order valence-electron chi connectivity index (χ4n) is 1.75. The molecule has 1 unspecified atom stereocenters. The van der Waals surface area contributed by atoms with Crippen molar-refractivity contribution in [3.8, 4) is 0 Å². The largest absolute Gasteiger partial charge is 0.352 e. The first kappa shape index (κ1) is 13.8. The number of hydrogen-bond donors (Lipinski definition) is 1. The molecular formula is C13H15ClN2O3. The summed E-state index contributed by atoms with van der Waals surface area (Å²) in [7, 11) is 0. The average Bonchev–Trinajstić information content (AvgIpc) is 2.32. The lowest BCUT2D eigenvalue weighted by Crippen LogP contribution is -2.57. The third-order valence-electron chi connectivity index (χ3n) is 2.89. The molecule has 19 heavy (non-hydrogen) atoms. The maximum atomic E-state index is 11.8. The van der Waals surface area contributed by atoms with Gasteiger partial charge in [-0.05, 0) is 30.5 Å². The van der Waals surface area contributed by atoms with Crippen LogP contribution in [0.5, 0.6) is 0 Å². The van der Waals surface area contributed by atoms with Gasteiger partial charge in [0.25, 0.3) is 5.91 Å². The van der Waals surface area contributed by atoms with Crippen LogP contribution in [0.2, 0.25) is 5.02 Å². The van der Waals surface area contributed by atoms with Crippen molar-refractivity contribution in [1.82, 2.24) is 5.32 Å². The zero-order valence-electron chi connectivity index (χ0n) is 10.9. The fraction of sp³-hybridized carbons (Fsp3) is 0.385. The van der Waals surface area contributed by atoms with E-state index in [9.17, 15) is 9.59 Å². The number of nitrogens with one attached hydrogen (secondary N) is 1. The van der Waals surface area contributed by atoms with Crippen LogP contribution in [0, 0.1) is 12.8 Å². The molecule has 0 bridgehead atoms. The van der Waals surface area contributed by atoms with Crippen LogP contribution in [0.3, 0.4) is 0 Å². The van der Waals surface area contributed by atoms with Crippen molar-refractivity contribution < 1.29 is 14.4 Å². The Balaban J connectivity index is 2.30. The number of carbonyl (C=O) groups excluding carboxylic acids is 2. The van der Waals surface area contributed by atoms with E-state index < -0.39 is 18.0 Å². The van der Waals surface area contributed by atoms with Gasteiger partial charge in [0.2, 0.25) is 0 Å². The number of rotatable bonds is 2. The molecule has 1 heterocycles. The van der Waals surface area contributed by atoms with Gasteiger partial charge in [-0.15, -0.1) is 0 Å².